The van der Waals surface area contributed by atoms with Gasteiger partial charge in [0.1, 0.15) is 5.84 Å². The minimum atomic E-state index is -0.383. The van der Waals surface area contributed by atoms with E-state index in [4.69, 9.17) is 16.3 Å². The van der Waals surface area contributed by atoms with Crippen LogP contribution in [0.4, 0.5) is 0 Å². The van der Waals surface area contributed by atoms with Crippen LogP contribution < -0.4 is 0 Å². The summed E-state index contributed by atoms with van der Waals surface area (Å²) in [7, 11) is 1.79. The van der Waals surface area contributed by atoms with Gasteiger partial charge in [0.05, 0.1) is 23.4 Å². The molecular formula is C29H34ClN3O3. The average Bonchev–Trinajstić information content (AvgIpc) is 2.83. The molecule has 2 aromatic rings. The number of carbonyl (C=O) groups is 2. The Bertz CT molecular complexity index is 1170. The molecule has 190 valence electrons. The first-order chi connectivity index (χ1) is 17.2. The Morgan fingerprint density at radius 3 is 2.53 bits per heavy atom. The number of esters is 1. The van der Waals surface area contributed by atoms with E-state index in [1.54, 1.807) is 18.0 Å². The first-order valence-corrected chi connectivity index (χ1v) is 12.5. The van der Waals surface area contributed by atoms with Crippen LogP contribution in [0.25, 0.3) is 6.08 Å². The number of rotatable bonds is 9. The van der Waals surface area contributed by atoms with Gasteiger partial charge in [0.2, 0.25) is 5.91 Å². The molecule has 2 aromatic carbocycles. The van der Waals surface area contributed by atoms with Crippen molar-refractivity contribution in [3.63, 3.8) is 0 Å². The Morgan fingerprint density at radius 2 is 1.86 bits per heavy atom. The number of benzene rings is 2. The molecule has 0 bridgehead atoms. The monoisotopic (exact) mass is 507 g/mol. The molecule has 1 aliphatic rings. The van der Waals surface area contributed by atoms with E-state index in [0.717, 1.165) is 17.0 Å². The molecule has 3 rings (SSSR count). The molecule has 6 nitrogen and oxygen atoms in total. The Balaban J connectivity index is 1.77. The van der Waals surface area contributed by atoms with Gasteiger partial charge in [-0.15, -0.1) is 0 Å². The number of halogens is 1. The topological polar surface area (TPSA) is 62.2 Å². The molecule has 36 heavy (non-hydrogen) atoms. The second-order valence-electron chi connectivity index (χ2n) is 9.12. The second-order valence-corrected chi connectivity index (χ2v) is 9.56. The normalized spacial score (nSPS) is 15.9. The van der Waals surface area contributed by atoms with Gasteiger partial charge in [-0.3, -0.25) is 4.79 Å². The molecule has 1 unspecified atom stereocenters. The maximum absolute atomic E-state index is 13.1. The highest BCUT2D eigenvalue weighted by atomic mass is 35.5. The van der Waals surface area contributed by atoms with E-state index in [1.165, 1.54) is 0 Å². The smallest absolute Gasteiger partial charge is 0.338 e. The quantitative estimate of drug-likeness (QED) is 0.313. The van der Waals surface area contributed by atoms with E-state index in [0.29, 0.717) is 35.8 Å². The maximum Gasteiger partial charge on any atom is 0.338 e. The minimum absolute atomic E-state index is 0.0637. The first-order valence-electron chi connectivity index (χ1n) is 12.1. The molecule has 0 spiro atoms. The number of amides is 1. The Hall–Kier alpha value is -3.38. The summed E-state index contributed by atoms with van der Waals surface area (Å²) in [5.41, 5.74) is 3.01. The van der Waals surface area contributed by atoms with Gasteiger partial charge in [-0.1, -0.05) is 54.1 Å². The van der Waals surface area contributed by atoms with Crippen LogP contribution in [0.5, 0.6) is 0 Å². The Labute approximate surface area is 218 Å². The summed E-state index contributed by atoms with van der Waals surface area (Å²) in [5.74, 6) is 0.356. The van der Waals surface area contributed by atoms with Gasteiger partial charge in [0.15, 0.2) is 0 Å². The third-order valence-corrected chi connectivity index (χ3v) is 6.17. The lowest BCUT2D eigenvalue weighted by Gasteiger charge is -2.38. The molecule has 0 saturated heterocycles. The van der Waals surface area contributed by atoms with E-state index in [9.17, 15) is 9.59 Å². The van der Waals surface area contributed by atoms with Gasteiger partial charge in [-0.05, 0) is 63.5 Å². The lowest BCUT2D eigenvalue weighted by atomic mass is 9.93. The van der Waals surface area contributed by atoms with Gasteiger partial charge in [-0.2, -0.15) is 0 Å². The number of amidine groups is 1. The van der Waals surface area contributed by atoms with E-state index in [1.807, 2.05) is 88.4 Å². The van der Waals surface area contributed by atoms with Crippen molar-refractivity contribution in [2.24, 2.45) is 4.99 Å². The van der Waals surface area contributed by atoms with Gasteiger partial charge in [0, 0.05) is 31.2 Å². The molecule has 0 saturated carbocycles. The van der Waals surface area contributed by atoms with Crippen molar-refractivity contribution in [2.75, 3.05) is 20.1 Å². The zero-order valence-electron chi connectivity index (χ0n) is 21.6. The van der Waals surface area contributed by atoms with Gasteiger partial charge in [0.25, 0.3) is 0 Å². The number of likely N-dealkylation sites (N-methyl/N-ethyl adjacent to an activating group) is 1. The predicted molar refractivity (Wildman–Crippen MR) is 146 cm³/mol. The highest BCUT2D eigenvalue weighted by molar-refractivity contribution is 6.30. The van der Waals surface area contributed by atoms with Crippen molar-refractivity contribution in [3.05, 3.63) is 88.1 Å². The number of hydrogen-bond acceptors (Lipinski definition) is 5. The van der Waals surface area contributed by atoms with Crippen molar-refractivity contribution in [1.29, 1.82) is 0 Å². The van der Waals surface area contributed by atoms with Gasteiger partial charge >= 0.3 is 5.97 Å². The Kier molecular flexibility index (Phi) is 9.48. The van der Waals surface area contributed by atoms with Crippen LogP contribution in [0.15, 0.2) is 76.9 Å². The predicted octanol–water partition coefficient (Wildman–Crippen LogP) is 5.90. The molecule has 1 atom stereocenters. The van der Waals surface area contributed by atoms with E-state index >= 15 is 0 Å². The number of aliphatic imine (C=N–C) groups is 1. The van der Waals surface area contributed by atoms with Crippen molar-refractivity contribution >= 4 is 35.4 Å². The van der Waals surface area contributed by atoms with Gasteiger partial charge < -0.3 is 14.5 Å². The number of nitrogens with zero attached hydrogens (tertiary/aromatic N) is 3. The fourth-order valence-electron chi connectivity index (χ4n) is 4.21. The van der Waals surface area contributed by atoms with Crippen molar-refractivity contribution in [1.82, 2.24) is 9.80 Å². The van der Waals surface area contributed by atoms with E-state index < -0.39 is 0 Å². The van der Waals surface area contributed by atoms with Crippen LogP contribution in [0, 0.1) is 0 Å². The van der Waals surface area contributed by atoms with Gasteiger partial charge in [-0.25, -0.2) is 9.79 Å². The summed E-state index contributed by atoms with van der Waals surface area (Å²) in [6.45, 7) is 8.58. The minimum Gasteiger partial charge on any atom is -0.459 e. The summed E-state index contributed by atoms with van der Waals surface area (Å²) in [6.07, 6.45) is 3.85. The second kappa shape index (κ2) is 12.5. The number of hydrogen-bond donors (Lipinski definition) is 0. The van der Waals surface area contributed by atoms with E-state index in [2.05, 4.69) is 9.89 Å². The zero-order valence-corrected chi connectivity index (χ0v) is 22.3. The summed E-state index contributed by atoms with van der Waals surface area (Å²) in [4.78, 5) is 34.2. The molecule has 1 amide bonds. The molecular weight excluding hydrogens is 474 g/mol. The standard InChI is InChI=1S/C29H34ClN3O3/c1-20(2)36-29(35)27-21(3)31-22(4)33(28(27)24-13-9-14-25(30)19-24)18-10-17-32(5)26(34)16-15-23-11-7-6-8-12-23/h6-9,11-16,19-20,28H,10,17-18H2,1-5H3. The molecule has 0 radical (unpaired) electrons. The van der Waals surface area contributed by atoms with Crippen molar-refractivity contribution < 1.29 is 14.3 Å². The zero-order chi connectivity index (χ0) is 26.2. The summed E-state index contributed by atoms with van der Waals surface area (Å²) in [6, 6.07) is 16.9. The van der Waals surface area contributed by atoms with Crippen LogP contribution in [0.2, 0.25) is 5.02 Å². The molecule has 0 aliphatic carbocycles. The molecule has 7 heteroatoms. The van der Waals surface area contributed by atoms with Crippen LogP contribution >= 0.6 is 11.6 Å². The Morgan fingerprint density at radius 1 is 1.14 bits per heavy atom. The number of allylic oxidation sites excluding steroid dienone is 1. The lowest BCUT2D eigenvalue weighted by Crippen LogP contribution is -2.41. The fourth-order valence-corrected chi connectivity index (χ4v) is 4.40. The van der Waals surface area contributed by atoms with Crippen LogP contribution in [0.3, 0.4) is 0 Å². The lowest BCUT2D eigenvalue weighted by molar-refractivity contribution is -0.143. The first kappa shape index (κ1) is 27.2. The largest absolute Gasteiger partial charge is 0.459 e. The highest BCUT2D eigenvalue weighted by Gasteiger charge is 2.35. The molecule has 0 N–H and O–H groups in total. The fraction of sp³-hybridized carbons (Fsp3) is 0.345. The van der Waals surface area contributed by atoms with Crippen LogP contribution in [-0.4, -0.2) is 53.8 Å². The molecule has 1 aliphatic heterocycles. The molecule has 1 heterocycles. The highest BCUT2D eigenvalue weighted by Crippen LogP contribution is 2.37. The summed E-state index contributed by atoms with van der Waals surface area (Å²) >= 11 is 6.32. The molecule has 0 fully saturated rings. The molecule has 0 aromatic heterocycles. The number of ether oxygens (including phenoxy) is 1. The number of carbonyl (C=O) groups excluding carboxylic acids is 2. The van der Waals surface area contributed by atoms with E-state index in [-0.39, 0.29) is 24.0 Å². The summed E-state index contributed by atoms with van der Waals surface area (Å²) < 4.78 is 5.58. The third-order valence-electron chi connectivity index (χ3n) is 5.93. The summed E-state index contributed by atoms with van der Waals surface area (Å²) in [5, 5.41) is 0.595. The SMILES string of the molecule is CC1=NC(C)=C(C(=O)OC(C)C)C(c2cccc(Cl)c2)N1CCCN(C)C(=O)C=Cc1ccccc1. The van der Waals surface area contributed by atoms with Crippen molar-refractivity contribution in [2.45, 2.75) is 46.3 Å². The third kappa shape index (κ3) is 7.08. The van der Waals surface area contributed by atoms with Crippen molar-refractivity contribution in [3.8, 4) is 0 Å². The average molecular weight is 508 g/mol. The van der Waals surface area contributed by atoms with Crippen LogP contribution in [0.1, 0.15) is 51.3 Å². The van der Waals surface area contributed by atoms with Crippen LogP contribution in [-0.2, 0) is 14.3 Å². The maximum atomic E-state index is 13.1.